The predicted molar refractivity (Wildman–Crippen MR) is 85.1 cm³/mol. The van der Waals surface area contributed by atoms with Gasteiger partial charge in [-0.1, -0.05) is 61.8 Å². The summed E-state index contributed by atoms with van der Waals surface area (Å²) in [4.78, 5) is 0. The molecule has 2 aromatic rings. The van der Waals surface area contributed by atoms with Crippen LogP contribution in [0.1, 0.15) is 36.6 Å². The van der Waals surface area contributed by atoms with Crippen molar-refractivity contribution in [2.24, 2.45) is 5.92 Å². The minimum atomic E-state index is -0.468. The molecule has 0 heterocycles. The molecule has 0 saturated heterocycles. The summed E-state index contributed by atoms with van der Waals surface area (Å²) >= 11 is 5.86. The first-order valence-corrected chi connectivity index (χ1v) is 7.43. The van der Waals surface area contributed by atoms with E-state index in [1.807, 2.05) is 36.4 Å². The second kappa shape index (κ2) is 6.92. The third kappa shape index (κ3) is 4.36. The summed E-state index contributed by atoms with van der Waals surface area (Å²) in [5.74, 6) is 0.653. The van der Waals surface area contributed by atoms with Crippen LogP contribution >= 0.6 is 11.6 Å². The van der Waals surface area contributed by atoms with Gasteiger partial charge in [0.15, 0.2) is 0 Å². The molecule has 0 saturated carbocycles. The van der Waals surface area contributed by atoms with Gasteiger partial charge in [0.25, 0.3) is 0 Å². The standard InChI is InChI=1S/C18H21ClO/c1-13(2)11-14-3-7-16(8-4-14)18(20)12-15-5-9-17(19)10-6-15/h3-10,13,18,20H,11-12H2,1-2H3. The van der Waals surface area contributed by atoms with Gasteiger partial charge in [-0.2, -0.15) is 0 Å². The fourth-order valence-electron chi connectivity index (χ4n) is 2.31. The van der Waals surface area contributed by atoms with Crippen molar-refractivity contribution >= 4 is 11.6 Å². The molecule has 2 aromatic carbocycles. The van der Waals surface area contributed by atoms with Crippen molar-refractivity contribution in [2.75, 3.05) is 0 Å². The van der Waals surface area contributed by atoms with E-state index in [2.05, 4.69) is 26.0 Å². The van der Waals surface area contributed by atoms with E-state index in [4.69, 9.17) is 11.6 Å². The van der Waals surface area contributed by atoms with Crippen molar-refractivity contribution in [3.63, 3.8) is 0 Å². The Kier molecular flexibility index (Phi) is 5.22. The number of hydrogen-bond acceptors (Lipinski definition) is 1. The minimum absolute atomic E-state index is 0.468. The van der Waals surface area contributed by atoms with E-state index < -0.39 is 6.10 Å². The van der Waals surface area contributed by atoms with E-state index in [0.29, 0.717) is 12.3 Å². The van der Waals surface area contributed by atoms with Crippen LogP contribution in [0.3, 0.4) is 0 Å². The average Bonchev–Trinajstić information content (AvgIpc) is 2.41. The first-order chi connectivity index (χ1) is 9.54. The minimum Gasteiger partial charge on any atom is -0.388 e. The molecule has 0 aliphatic rings. The molecule has 0 radical (unpaired) electrons. The Hall–Kier alpha value is -1.31. The normalized spacial score (nSPS) is 12.7. The highest BCUT2D eigenvalue weighted by atomic mass is 35.5. The molecule has 0 aromatic heterocycles. The quantitative estimate of drug-likeness (QED) is 0.837. The molecule has 0 fully saturated rings. The lowest BCUT2D eigenvalue weighted by Crippen LogP contribution is -2.02. The highest BCUT2D eigenvalue weighted by Gasteiger charge is 2.09. The smallest absolute Gasteiger partial charge is 0.0830 e. The van der Waals surface area contributed by atoms with Gasteiger partial charge in [0.1, 0.15) is 0 Å². The van der Waals surface area contributed by atoms with Crippen LogP contribution in [0.15, 0.2) is 48.5 Å². The molecule has 2 rings (SSSR count). The van der Waals surface area contributed by atoms with Crippen LogP contribution < -0.4 is 0 Å². The monoisotopic (exact) mass is 288 g/mol. The lowest BCUT2D eigenvalue weighted by Gasteiger charge is -2.12. The SMILES string of the molecule is CC(C)Cc1ccc(C(O)Cc2ccc(Cl)cc2)cc1. The number of halogens is 1. The van der Waals surface area contributed by atoms with Crippen LogP contribution in [-0.4, -0.2) is 5.11 Å². The van der Waals surface area contributed by atoms with Gasteiger partial charge < -0.3 is 5.11 Å². The topological polar surface area (TPSA) is 20.2 Å². The van der Waals surface area contributed by atoms with E-state index in [1.165, 1.54) is 5.56 Å². The summed E-state index contributed by atoms with van der Waals surface area (Å²) in [6.07, 6.45) is 1.22. The van der Waals surface area contributed by atoms with Crippen LogP contribution in [0.25, 0.3) is 0 Å². The molecular weight excluding hydrogens is 268 g/mol. The second-order valence-electron chi connectivity index (χ2n) is 5.69. The maximum atomic E-state index is 10.3. The van der Waals surface area contributed by atoms with E-state index in [0.717, 1.165) is 22.6 Å². The van der Waals surface area contributed by atoms with Gasteiger partial charge in [0.2, 0.25) is 0 Å². The summed E-state index contributed by atoms with van der Waals surface area (Å²) < 4.78 is 0. The van der Waals surface area contributed by atoms with Crippen LogP contribution in [0.4, 0.5) is 0 Å². The van der Waals surface area contributed by atoms with Crippen LogP contribution in [0.2, 0.25) is 5.02 Å². The van der Waals surface area contributed by atoms with E-state index >= 15 is 0 Å². The average molecular weight is 289 g/mol. The summed E-state index contributed by atoms with van der Waals surface area (Å²) in [6, 6.07) is 15.9. The Morgan fingerprint density at radius 1 is 0.850 bits per heavy atom. The van der Waals surface area contributed by atoms with Gasteiger partial charge in [0, 0.05) is 11.4 Å². The summed E-state index contributed by atoms with van der Waals surface area (Å²) in [5, 5.41) is 11.0. The molecular formula is C18H21ClO. The zero-order chi connectivity index (χ0) is 14.5. The molecule has 0 bridgehead atoms. The van der Waals surface area contributed by atoms with Gasteiger partial charge in [0.05, 0.1) is 6.10 Å². The van der Waals surface area contributed by atoms with Crippen molar-refractivity contribution in [2.45, 2.75) is 32.8 Å². The molecule has 1 N–H and O–H groups in total. The highest BCUT2D eigenvalue weighted by molar-refractivity contribution is 6.30. The summed E-state index contributed by atoms with van der Waals surface area (Å²) in [6.45, 7) is 4.42. The number of aliphatic hydroxyl groups excluding tert-OH is 1. The van der Waals surface area contributed by atoms with Crippen LogP contribution in [-0.2, 0) is 12.8 Å². The van der Waals surface area contributed by atoms with Crippen molar-refractivity contribution in [1.29, 1.82) is 0 Å². The molecule has 1 atom stereocenters. The summed E-state index contributed by atoms with van der Waals surface area (Å²) in [7, 11) is 0. The molecule has 1 unspecified atom stereocenters. The second-order valence-corrected chi connectivity index (χ2v) is 6.12. The lowest BCUT2D eigenvalue weighted by atomic mass is 9.97. The van der Waals surface area contributed by atoms with Gasteiger partial charge >= 0.3 is 0 Å². The zero-order valence-electron chi connectivity index (χ0n) is 12.0. The van der Waals surface area contributed by atoms with Gasteiger partial charge in [-0.15, -0.1) is 0 Å². The van der Waals surface area contributed by atoms with Crippen LogP contribution in [0, 0.1) is 5.92 Å². The molecule has 1 nitrogen and oxygen atoms in total. The van der Waals surface area contributed by atoms with E-state index in [9.17, 15) is 5.11 Å². The van der Waals surface area contributed by atoms with Gasteiger partial charge in [-0.3, -0.25) is 0 Å². The first kappa shape index (κ1) is 15.1. The maximum Gasteiger partial charge on any atom is 0.0830 e. The highest BCUT2D eigenvalue weighted by Crippen LogP contribution is 2.20. The van der Waals surface area contributed by atoms with Crippen molar-refractivity contribution < 1.29 is 5.11 Å². The molecule has 20 heavy (non-hydrogen) atoms. The molecule has 2 heteroatoms. The fourth-order valence-corrected chi connectivity index (χ4v) is 2.43. The Labute approximate surface area is 126 Å². The van der Waals surface area contributed by atoms with Crippen molar-refractivity contribution in [1.82, 2.24) is 0 Å². The lowest BCUT2D eigenvalue weighted by molar-refractivity contribution is 0.178. The van der Waals surface area contributed by atoms with Gasteiger partial charge in [-0.25, -0.2) is 0 Å². The number of aliphatic hydroxyl groups is 1. The third-order valence-corrected chi connectivity index (χ3v) is 3.60. The number of hydrogen-bond donors (Lipinski definition) is 1. The Morgan fingerprint density at radius 3 is 1.90 bits per heavy atom. The Balaban J connectivity index is 2.01. The number of rotatable bonds is 5. The third-order valence-electron chi connectivity index (χ3n) is 3.35. The largest absolute Gasteiger partial charge is 0.388 e. The molecule has 0 amide bonds. The Bertz CT molecular complexity index is 528. The van der Waals surface area contributed by atoms with E-state index in [-0.39, 0.29) is 0 Å². The Morgan fingerprint density at radius 2 is 1.35 bits per heavy atom. The molecule has 106 valence electrons. The van der Waals surface area contributed by atoms with E-state index in [1.54, 1.807) is 0 Å². The molecule has 0 aliphatic carbocycles. The van der Waals surface area contributed by atoms with Crippen LogP contribution in [0.5, 0.6) is 0 Å². The molecule has 0 aliphatic heterocycles. The van der Waals surface area contributed by atoms with Gasteiger partial charge in [-0.05, 0) is 41.2 Å². The summed E-state index contributed by atoms with van der Waals surface area (Å²) in [5.41, 5.74) is 3.38. The van der Waals surface area contributed by atoms with Crippen molar-refractivity contribution in [3.05, 3.63) is 70.2 Å². The predicted octanol–water partition coefficient (Wildman–Crippen LogP) is 4.81. The fraction of sp³-hybridized carbons (Fsp3) is 0.333. The maximum absolute atomic E-state index is 10.3. The number of benzene rings is 2. The first-order valence-electron chi connectivity index (χ1n) is 7.06. The zero-order valence-corrected chi connectivity index (χ0v) is 12.8. The molecule has 0 spiro atoms. The van der Waals surface area contributed by atoms with Crippen molar-refractivity contribution in [3.8, 4) is 0 Å².